The molecule has 15 heavy (non-hydrogen) atoms. The summed E-state index contributed by atoms with van der Waals surface area (Å²) in [6.07, 6.45) is 1.56. The highest BCUT2D eigenvalue weighted by Gasteiger charge is 2.07. The van der Waals surface area contributed by atoms with Crippen molar-refractivity contribution in [1.82, 2.24) is 14.9 Å². The number of anilines is 1. The lowest BCUT2D eigenvalue weighted by molar-refractivity contribution is 0.584. The normalized spacial score (nSPS) is 11.3. The van der Waals surface area contributed by atoms with Crippen LogP contribution in [-0.2, 0) is 10.0 Å². The van der Waals surface area contributed by atoms with Crippen LogP contribution < -0.4 is 10.0 Å². The standard InChI is InChI=1S/C8H14N4O2S/c1-2-11-15(13,14)7-6-9-8-4-3-5-10-12-8/h3-5,11H,2,6-7H2,1H3,(H,9,12). The summed E-state index contributed by atoms with van der Waals surface area (Å²) in [4.78, 5) is 0. The van der Waals surface area contributed by atoms with Crippen molar-refractivity contribution in [3.63, 3.8) is 0 Å². The molecule has 1 aromatic rings. The van der Waals surface area contributed by atoms with Gasteiger partial charge in [-0.05, 0) is 12.1 Å². The fourth-order valence-electron chi connectivity index (χ4n) is 1.00. The average molecular weight is 230 g/mol. The van der Waals surface area contributed by atoms with E-state index in [4.69, 9.17) is 0 Å². The minimum atomic E-state index is -3.16. The van der Waals surface area contributed by atoms with Gasteiger partial charge in [-0.1, -0.05) is 6.92 Å². The minimum Gasteiger partial charge on any atom is -0.368 e. The molecule has 1 rings (SSSR count). The Morgan fingerprint density at radius 3 is 2.87 bits per heavy atom. The monoisotopic (exact) mass is 230 g/mol. The number of sulfonamides is 1. The highest BCUT2D eigenvalue weighted by atomic mass is 32.2. The maximum absolute atomic E-state index is 11.2. The van der Waals surface area contributed by atoms with E-state index in [2.05, 4.69) is 20.2 Å². The molecule has 84 valence electrons. The van der Waals surface area contributed by atoms with Crippen LogP contribution in [0.3, 0.4) is 0 Å². The van der Waals surface area contributed by atoms with E-state index < -0.39 is 10.0 Å². The van der Waals surface area contributed by atoms with Gasteiger partial charge in [0.2, 0.25) is 10.0 Å². The fourth-order valence-corrected chi connectivity index (χ4v) is 1.96. The Morgan fingerprint density at radius 2 is 2.27 bits per heavy atom. The molecule has 0 fully saturated rings. The predicted molar refractivity (Wildman–Crippen MR) is 58.0 cm³/mol. The quantitative estimate of drug-likeness (QED) is 0.708. The van der Waals surface area contributed by atoms with Crippen molar-refractivity contribution < 1.29 is 8.42 Å². The van der Waals surface area contributed by atoms with E-state index in [-0.39, 0.29) is 5.75 Å². The van der Waals surface area contributed by atoms with E-state index in [1.807, 2.05) is 0 Å². The van der Waals surface area contributed by atoms with Crippen molar-refractivity contribution in [2.24, 2.45) is 0 Å². The van der Waals surface area contributed by atoms with Gasteiger partial charge in [0.1, 0.15) is 5.82 Å². The van der Waals surface area contributed by atoms with Crippen molar-refractivity contribution in [3.05, 3.63) is 18.3 Å². The van der Waals surface area contributed by atoms with Crippen LogP contribution in [-0.4, -0.2) is 37.5 Å². The van der Waals surface area contributed by atoms with Gasteiger partial charge in [0.15, 0.2) is 0 Å². The van der Waals surface area contributed by atoms with Gasteiger partial charge in [-0.2, -0.15) is 5.10 Å². The Bertz CT molecular complexity index is 379. The van der Waals surface area contributed by atoms with Crippen LogP contribution in [0.1, 0.15) is 6.92 Å². The zero-order valence-corrected chi connectivity index (χ0v) is 9.29. The van der Waals surface area contributed by atoms with E-state index in [1.54, 1.807) is 25.3 Å². The molecule has 0 spiro atoms. The van der Waals surface area contributed by atoms with Crippen LogP contribution in [0, 0.1) is 0 Å². The summed E-state index contributed by atoms with van der Waals surface area (Å²) in [6.45, 7) is 2.47. The summed E-state index contributed by atoms with van der Waals surface area (Å²) in [5.41, 5.74) is 0. The minimum absolute atomic E-state index is 0.0252. The van der Waals surface area contributed by atoms with Crippen LogP contribution in [0.2, 0.25) is 0 Å². The first-order chi connectivity index (χ1) is 7.14. The second kappa shape index (κ2) is 5.62. The molecule has 0 saturated carbocycles. The Hall–Kier alpha value is -1.21. The number of hydrogen-bond acceptors (Lipinski definition) is 5. The Labute approximate surface area is 89.2 Å². The average Bonchev–Trinajstić information content (AvgIpc) is 2.19. The lowest BCUT2D eigenvalue weighted by Gasteiger charge is -2.05. The van der Waals surface area contributed by atoms with Crippen LogP contribution in [0.5, 0.6) is 0 Å². The van der Waals surface area contributed by atoms with Gasteiger partial charge in [-0.3, -0.25) is 0 Å². The molecule has 0 radical (unpaired) electrons. The molecule has 0 atom stereocenters. The molecule has 0 aliphatic carbocycles. The lowest BCUT2D eigenvalue weighted by Crippen LogP contribution is -2.29. The molecule has 0 saturated heterocycles. The number of nitrogens with one attached hydrogen (secondary N) is 2. The van der Waals surface area contributed by atoms with Gasteiger partial charge in [0.25, 0.3) is 0 Å². The number of aromatic nitrogens is 2. The summed E-state index contributed by atoms with van der Waals surface area (Å²) in [5, 5.41) is 10.3. The zero-order valence-electron chi connectivity index (χ0n) is 8.47. The van der Waals surface area contributed by atoms with Gasteiger partial charge < -0.3 is 5.32 Å². The van der Waals surface area contributed by atoms with E-state index >= 15 is 0 Å². The van der Waals surface area contributed by atoms with Crippen molar-refractivity contribution >= 4 is 15.8 Å². The van der Waals surface area contributed by atoms with Gasteiger partial charge in [-0.25, -0.2) is 13.1 Å². The maximum atomic E-state index is 11.2. The summed E-state index contributed by atoms with van der Waals surface area (Å²) < 4.78 is 24.9. The molecule has 0 aliphatic rings. The van der Waals surface area contributed by atoms with Gasteiger partial charge >= 0.3 is 0 Å². The molecular weight excluding hydrogens is 216 g/mol. The van der Waals surface area contributed by atoms with Crippen LogP contribution in [0.15, 0.2) is 18.3 Å². The summed E-state index contributed by atoms with van der Waals surface area (Å²) >= 11 is 0. The molecule has 1 aromatic heterocycles. The zero-order chi connectivity index (χ0) is 11.1. The van der Waals surface area contributed by atoms with Crippen molar-refractivity contribution in [3.8, 4) is 0 Å². The molecule has 0 aliphatic heterocycles. The van der Waals surface area contributed by atoms with Crippen molar-refractivity contribution in [2.75, 3.05) is 24.2 Å². The van der Waals surface area contributed by atoms with E-state index in [0.29, 0.717) is 18.9 Å². The predicted octanol–water partition coefficient (Wildman–Crippen LogP) is -0.172. The second-order valence-electron chi connectivity index (χ2n) is 2.85. The van der Waals surface area contributed by atoms with Crippen molar-refractivity contribution in [2.45, 2.75) is 6.92 Å². The van der Waals surface area contributed by atoms with E-state index in [9.17, 15) is 8.42 Å². The smallest absolute Gasteiger partial charge is 0.213 e. The largest absolute Gasteiger partial charge is 0.368 e. The topological polar surface area (TPSA) is 84.0 Å². The fraction of sp³-hybridized carbons (Fsp3) is 0.500. The van der Waals surface area contributed by atoms with Crippen LogP contribution in [0.4, 0.5) is 5.82 Å². The lowest BCUT2D eigenvalue weighted by atomic mass is 10.5. The highest BCUT2D eigenvalue weighted by molar-refractivity contribution is 7.89. The van der Waals surface area contributed by atoms with Crippen LogP contribution in [0.25, 0.3) is 0 Å². The van der Waals surface area contributed by atoms with E-state index in [1.165, 1.54) is 0 Å². The second-order valence-corrected chi connectivity index (χ2v) is 4.78. The molecule has 6 nitrogen and oxygen atoms in total. The Kier molecular flexibility index (Phi) is 4.44. The first-order valence-electron chi connectivity index (χ1n) is 4.63. The molecule has 0 bridgehead atoms. The summed E-state index contributed by atoms with van der Waals surface area (Å²) in [7, 11) is -3.16. The molecule has 1 heterocycles. The highest BCUT2D eigenvalue weighted by Crippen LogP contribution is 1.96. The molecular formula is C8H14N4O2S. The van der Waals surface area contributed by atoms with Gasteiger partial charge in [-0.15, -0.1) is 5.10 Å². The third-order valence-corrected chi connectivity index (χ3v) is 3.08. The van der Waals surface area contributed by atoms with Crippen LogP contribution >= 0.6 is 0 Å². The molecule has 0 amide bonds. The Morgan fingerprint density at radius 1 is 1.47 bits per heavy atom. The number of nitrogens with zero attached hydrogens (tertiary/aromatic N) is 2. The van der Waals surface area contributed by atoms with E-state index in [0.717, 1.165) is 0 Å². The third kappa shape index (κ3) is 4.71. The third-order valence-electron chi connectivity index (χ3n) is 1.61. The summed E-state index contributed by atoms with van der Waals surface area (Å²) in [5.74, 6) is 0.599. The van der Waals surface area contributed by atoms with Crippen molar-refractivity contribution in [1.29, 1.82) is 0 Å². The SMILES string of the molecule is CCNS(=O)(=O)CCNc1cccnn1. The Balaban J connectivity index is 2.34. The van der Waals surface area contributed by atoms with Gasteiger partial charge in [0, 0.05) is 19.3 Å². The molecule has 7 heteroatoms. The number of rotatable bonds is 6. The van der Waals surface area contributed by atoms with Gasteiger partial charge in [0.05, 0.1) is 5.75 Å². The molecule has 0 aromatic carbocycles. The maximum Gasteiger partial charge on any atom is 0.213 e. The molecule has 0 unspecified atom stereocenters. The molecule has 2 N–H and O–H groups in total. The summed E-state index contributed by atoms with van der Waals surface area (Å²) in [6, 6.07) is 3.46. The number of hydrogen-bond donors (Lipinski definition) is 2. The first-order valence-corrected chi connectivity index (χ1v) is 6.28. The first kappa shape index (κ1) is 11.9.